The molecule has 6 heteroatoms. The van der Waals surface area contributed by atoms with Gasteiger partial charge >= 0.3 is 0 Å². The summed E-state index contributed by atoms with van der Waals surface area (Å²) in [7, 11) is -3.61. The van der Waals surface area contributed by atoms with Gasteiger partial charge < -0.3 is 5.32 Å². The van der Waals surface area contributed by atoms with Gasteiger partial charge in [0, 0.05) is 6.54 Å². The van der Waals surface area contributed by atoms with E-state index in [0.717, 1.165) is 24.2 Å². The molecule has 0 aliphatic rings. The SMILES string of the molecule is CCCCCNc1ccc(NS(=O)(=O)c2cccc(C)c2)nc1. The van der Waals surface area contributed by atoms with Gasteiger partial charge in [0.1, 0.15) is 5.82 Å². The van der Waals surface area contributed by atoms with E-state index in [-0.39, 0.29) is 4.90 Å². The van der Waals surface area contributed by atoms with E-state index in [1.165, 1.54) is 12.8 Å². The molecule has 1 aromatic carbocycles. The van der Waals surface area contributed by atoms with Gasteiger partial charge in [-0.1, -0.05) is 31.9 Å². The lowest BCUT2D eigenvalue weighted by Crippen LogP contribution is -2.14. The monoisotopic (exact) mass is 333 g/mol. The van der Waals surface area contributed by atoms with Crippen molar-refractivity contribution in [3.8, 4) is 0 Å². The molecule has 23 heavy (non-hydrogen) atoms. The molecule has 0 saturated heterocycles. The summed E-state index contributed by atoms with van der Waals surface area (Å²) in [5, 5.41) is 3.27. The highest BCUT2D eigenvalue weighted by Crippen LogP contribution is 2.17. The second kappa shape index (κ2) is 7.97. The van der Waals surface area contributed by atoms with Crippen LogP contribution in [0.3, 0.4) is 0 Å². The zero-order valence-corrected chi connectivity index (χ0v) is 14.4. The van der Waals surface area contributed by atoms with Gasteiger partial charge in [0.05, 0.1) is 16.8 Å². The summed E-state index contributed by atoms with van der Waals surface area (Å²) in [5.41, 5.74) is 1.78. The van der Waals surface area contributed by atoms with Gasteiger partial charge in [-0.05, 0) is 43.2 Å². The molecule has 0 saturated carbocycles. The molecule has 0 unspecified atom stereocenters. The van der Waals surface area contributed by atoms with Crippen molar-refractivity contribution in [2.45, 2.75) is 38.0 Å². The van der Waals surface area contributed by atoms with Crippen molar-refractivity contribution >= 4 is 21.5 Å². The van der Waals surface area contributed by atoms with Crippen LogP contribution in [0.25, 0.3) is 0 Å². The van der Waals surface area contributed by atoms with Gasteiger partial charge in [-0.15, -0.1) is 0 Å². The highest BCUT2D eigenvalue weighted by molar-refractivity contribution is 7.92. The number of anilines is 2. The van der Waals surface area contributed by atoms with E-state index in [4.69, 9.17) is 0 Å². The van der Waals surface area contributed by atoms with Crippen molar-refractivity contribution in [1.82, 2.24) is 4.98 Å². The summed E-state index contributed by atoms with van der Waals surface area (Å²) < 4.78 is 27.1. The molecule has 0 aliphatic heterocycles. The van der Waals surface area contributed by atoms with E-state index in [2.05, 4.69) is 21.9 Å². The Morgan fingerprint density at radius 2 is 1.96 bits per heavy atom. The number of benzene rings is 1. The number of unbranched alkanes of at least 4 members (excludes halogenated alkanes) is 2. The lowest BCUT2D eigenvalue weighted by Gasteiger charge is -2.09. The normalized spacial score (nSPS) is 11.2. The predicted octanol–water partition coefficient (Wildman–Crippen LogP) is 3.79. The fourth-order valence-electron chi connectivity index (χ4n) is 2.15. The average molecular weight is 333 g/mol. The summed E-state index contributed by atoms with van der Waals surface area (Å²) >= 11 is 0. The molecule has 2 N–H and O–H groups in total. The van der Waals surface area contributed by atoms with Crippen LogP contribution in [0, 0.1) is 6.92 Å². The molecule has 0 fully saturated rings. The van der Waals surface area contributed by atoms with Gasteiger partial charge in [-0.2, -0.15) is 0 Å². The summed E-state index contributed by atoms with van der Waals surface area (Å²) in [6, 6.07) is 10.3. The van der Waals surface area contributed by atoms with E-state index < -0.39 is 10.0 Å². The van der Waals surface area contributed by atoms with Crippen LogP contribution < -0.4 is 10.0 Å². The maximum Gasteiger partial charge on any atom is 0.263 e. The number of sulfonamides is 1. The first kappa shape index (κ1) is 17.3. The summed E-state index contributed by atoms with van der Waals surface area (Å²) in [6.07, 6.45) is 5.12. The predicted molar refractivity (Wildman–Crippen MR) is 94.2 cm³/mol. The lowest BCUT2D eigenvalue weighted by molar-refractivity contribution is 0.601. The van der Waals surface area contributed by atoms with Crippen molar-refractivity contribution in [3.05, 3.63) is 48.2 Å². The molecule has 0 bridgehead atoms. The average Bonchev–Trinajstić information content (AvgIpc) is 2.53. The molecule has 2 rings (SSSR count). The van der Waals surface area contributed by atoms with Crippen LogP contribution in [0.15, 0.2) is 47.5 Å². The molecule has 1 aromatic heterocycles. The third-order valence-electron chi connectivity index (χ3n) is 3.41. The number of hydrogen-bond acceptors (Lipinski definition) is 4. The van der Waals surface area contributed by atoms with Crippen LogP contribution in [0.5, 0.6) is 0 Å². The number of rotatable bonds is 8. The largest absolute Gasteiger partial charge is 0.384 e. The standard InChI is InChI=1S/C17H23N3O2S/c1-3-4-5-11-18-15-9-10-17(19-13-15)20-23(21,22)16-8-6-7-14(2)12-16/h6-10,12-13,18H,3-5,11H2,1-2H3,(H,19,20). The van der Waals surface area contributed by atoms with Crippen LogP contribution in [0.2, 0.25) is 0 Å². The van der Waals surface area contributed by atoms with Crippen molar-refractivity contribution in [3.63, 3.8) is 0 Å². The number of hydrogen-bond donors (Lipinski definition) is 2. The van der Waals surface area contributed by atoms with Crippen LogP contribution in [-0.4, -0.2) is 19.9 Å². The highest BCUT2D eigenvalue weighted by atomic mass is 32.2. The molecule has 1 heterocycles. The Hall–Kier alpha value is -2.08. The molecular formula is C17H23N3O2S. The molecular weight excluding hydrogens is 310 g/mol. The number of nitrogens with zero attached hydrogens (tertiary/aromatic N) is 1. The summed E-state index contributed by atoms with van der Waals surface area (Å²) in [6.45, 7) is 4.91. The molecule has 0 atom stereocenters. The zero-order chi connectivity index (χ0) is 16.7. The first-order valence-electron chi connectivity index (χ1n) is 7.80. The van der Waals surface area contributed by atoms with Gasteiger partial charge in [-0.25, -0.2) is 13.4 Å². The minimum absolute atomic E-state index is 0.237. The maximum absolute atomic E-state index is 12.3. The minimum Gasteiger partial charge on any atom is -0.384 e. The Balaban J connectivity index is 2.00. The Kier molecular flexibility index (Phi) is 5.98. The molecule has 0 aliphatic carbocycles. The lowest BCUT2D eigenvalue weighted by atomic mass is 10.2. The second-order valence-electron chi connectivity index (χ2n) is 5.49. The van der Waals surface area contributed by atoms with Crippen molar-refractivity contribution in [1.29, 1.82) is 0 Å². The molecule has 0 radical (unpaired) electrons. The highest BCUT2D eigenvalue weighted by Gasteiger charge is 2.14. The number of aryl methyl sites for hydroxylation is 1. The Bertz CT molecular complexity index is 728. The zero-order valence-electron chi connectivity index (χ0n) is 13.5. The van der Waals surface area contributed by atoms with Gasteiger partial charge in [0.15, 0.2) is 0 Å². The fourth-order valence-corrected chi connectivity index (χ4v) is 3.26. The van der Waals surface area contributed by atoms with Crippen molar-refractivity contribution in [2.75, 3.05) is 16.6 Å². The third kappa shape index (κ3) is 5.25. The topological polar surface area (TPSA) is 71.1 Å². The Labute approximate surface area is 138 Å². The molecule has 0 amide bonds. The van der Waals surface area contributed by atoms with Gasteiger partial charge in [-0.3, -0.25) is 4.72 Å². The van der Waals surface area contributed by atoms with Crippen LogP contribution in [0.4, 0.5) is 11.5 Å². The summed E-state index contributed by atoms with van der Waals surface area (Å²) in [4.78, 5) is 4.40. The maximum atomic E-state index is 12.3. The molecule has 2 aromatic rings. The second-order valence-corrected chi connectivity index (χ2v) is 7.17. The Morgan fingerprint density at radius 1 is 1.13 bits per heavy atom. The summed E-state index contributed by atoms with van der Waals surface area (Å²) in [5.74, 6) is 0.311. The van der Waals surface area contributed by atoms with E-state index >= 15 is 0 Å². The molecule has 124 valence electrons. The van der Waals surface area contributed by atoms with Gasteiger partial charge in [0.2, 0.25) is 0 Å². The number of aromatic nitrogens is 1. The van der Waals surface area contributed by atoms with Crippen molar-refractivity contribution < 1.29 is 8.42 Å². The first-order chi connectivity index (χ1) is 11.0. The van der Waals surface area contributed by atoms with Crippen molar-refractivity contribution in [2.24, 2.45) is 0 Å². The van der Waals surface area contributed by atoms with Crippen LogP contribution in [-0.2, 0) is 10.0 Å². The molecule has 5 nitrogen and oxygen atoms in total. The molecule has 0 spiro atoms. The van der Waals surface area contributed by atoms with E-state index in [1.54, 1.807) is 30.5 Å². The van der Waals surface area contributed by atoms with E-state index in [1.807, 2.05) is 19.1 Å². The quantitative estimate of drug-likeness (QED) is 0.721. The smallest absolute Gasteiger partial charge is 0.263 e. The van der Waals surface area contributed by atoms with E-state index in [0.29, 0.717) is 5.82 Å². The van der Waals surface area contributed by atoms with Crippen LogP contribution >= 0.6 is 0 Å². The van der Waals surface area contributed by atoms with Gasteiger partial charge in [0.25, 0.3) is 10.0 Å². The fraction of sp³-hybridized carbons (Fsp3) is 0.353. The van der Waals surface area contributed by atoms with E-state index in [9.17, 15) is 8.42 Å². The Morgan fingerprint density at radius 3 is 2.61 bits per heavy atom. The number of pyridine rings is 1. The minimum atomic E-state index is -3.61. The first-order valence-corrected chi connectivity index (χ1v) is 9.29. The number of nitrogens with one attached hydrogen (secondary N) is 2. The third-order valence-corrected chi connectivity index (χ3v) is 4.76. The van der Waals surface area contributed by atoms with Crippen LogP contribution in [0.1, 0.15) is 31.7 Å².